The Morgan fingerprint density at radius 1 is 1.17 bits per heavy atom. The summed E-state index contributed by atoms with van der Waals surface area (Å²) < 4.78 is 4.56. The summed E-state index contributed by atoms with van der Waals surface area (Å²) >= 11 is 0. The van der Waals surface area contributed by atoms with Crippen molar-refractivity contribution >= 4 is 5.97 Å². The number of ether oxygens (including phenoxy) is 1. The number of allylic oxidation sites excluding steroid dienone is 4. The van der Waals surface area contributed by atoms with E-state index in [0.29, 0.717) is 6.42 Å². The van der Waals surface area contributed by atoms with Crippen molar-refractivity contribution in [3.05, 3.63) is 24.3 Å². The number of unbranched alkanes of at least 4 members (excludes halogenated alkanes) is 2. The van der Waals surface area contributed by atoms with Gasteiger partial charge in [-0.15, -0.1) is 0 Å². The van der Waals surface area contributed by atoms with Crippen LogP contribution in [-0.4, -0.2) is 24.3 Å². The molecule has 0 aromatic carbocycles. The second kappa shape index (κ2) is 12.4. The molecule has 0 aromatic rings. The van der Waals surface area contributed by atoms with Crippen LogP contribution < -0.4 is 0 Å². The van der Waals surface area contributed by atoms with Gasteiger partial charge in [-0.2, -0.15) is 0 Å². The third-order valence-corrected chi connectivity index (χ3v) is 2.58. The summed E-state index contributed by atoms with van der Waals surface area (Å²) in [5.74, 6) is -0.138. The molecule has 0 fully saturated rings. The number of esters is 1. The molecule has 18 heavy (non-hydrogen) atoms. The number of methoxy groups -OCH3 is 1. The quantitative estimate of drug-likeness (QED) is 0.369. The van der Waals surface area contributed by atoms with Crippen molar-refractivity contribution in [2.75, 3.05) is 7.11 Å². The van der Waals surface area contributed by atoms with Crippen molar-refractivity contribution in [1.82, 2.24) is 0 Å². The highest BCUT2D eigenvalue weighted by molar-refractivity contribution is 5.68. The summed E-state index contributed by atoms with van der Waals surface area (Å²) in [6, 6.07) is 0. The molecule has 0 aromatic heterocycles. The van der Waals surface area contributed by atoms with E-state index in [0.717, 1.165) is 38.5 Å². The van der Waals surface area contributed by atoms with Crippen LogP contribution >= 0.6 is 0 Å². The maximum absolute atomic E-state index is 10.8. The first-order valence-corrected chi connectivity index (χ1v) is 6.71. The predicted molar refractivity (Wildman–Crippen MR) is 74.3 cm³/mol. The highest BCUT2D eigenvalue weighted by atomic mass is 16.5. The SMILES string of the molecule is COC(=O)CCC/C=C/C/C=C/CCCC(C)O. The minimum atomic E-state index is -0.187. The summed E-state index contributed by atoms with van der Waals surface area (Å²) in [4.78, 5) is 10.8. The molecule has 0 aliphatic heterocycles. The van der Waals surface area contributed by atoms with Gasteiger partial charge in [-0.25, -0.2) is 0 Å². The third kappa shape index (κ3) is 13.0. The van der Waals surface area contributed by atoms with Gasteiger partial charge in [-0.3, -0.25) is 4.79 Å². The number of aliphatic hydroxyl groups is 1. The number of rotatable bonds is 10. The van der Waals surface area contributed by atoms with E-state index in [9.17, 15) is 4.79 Å². The number of carbonyl (C=O) groups is 1. The molecular weight excluding hydrogens is 228 g/mol. The first-order valence-electron chi connectivity index (χ1n) is 6.71. The zero-order chi connectivity index (χ0) is 13.6. The summed E-state index contributed by atoms with van der Waals surface area (Å²) in [5.41, 5.74) is 0. The number of hydrogen-bond acceptors (Lipinski definition) is 3. The molecule has 1 N–H and O–H groups in total. The fourth-order valence-electron chi connectivity index (χ4n) is 1.50. The van der Waals surface area contributed by atoms with Gasteiger partial charge in [0, 0.05) is 6.42 Å². The fraction of sp³-hybridized carbons (Fsp3) is 0.667. The second-order valence-electron chi connectivity index (χ2n) is 4.43. The Morgan fingerprint density at radius 2 is 1.78 bits per heavy atom. The zero-order valence-corrected chi connectivity index (χ0v) is 11.6. The Bertz CT molecular complexity index is 254. The van der Waals surface area contributed by atoms with Gasteiger partial charge in [0.15, 0.2) is 0 Å². The van der Waals surface area contributed by atoms with Crippen molar-refractivity contribution in [3.63, 3.8) is 0 Å². The molecule has 1 atom stereocenters. The largest absolute Gasteiger partial charge is 0.469 e. The van der Waals surface area contributed by atoms with Gasteiger partial charge in [0.05, 0.1) is 13.2 Å². The molecule has 104 valence electrons. The summed E-state index contributed by atoms with van der Waals surface area (Å²) in [5, 5.41) is 9.06. The van der Waals surface area contributed by atoms with Crippen LogP contribution in [0.25, 0.3) is 0 Å². The molecule has 0 saturated heterocycles. The Balaban J connectivity index is 3.31. The lowest BCUT2D eigenvalue weighted by Gasteiger charge is -1.99. The zero-order valence-electron chi connectivity index (χ0n) is 11.6. The molecule has 0 radical (unpaired) electrons. The van der Waals surface area contributed by atoms with Gasteiger partial charge >= 0.3 is 5.97 Å². The van der Waals surface area contributed by atoms with Gasteiger partial charge in [0.1, 0.15) is 0 Å². The van der Waals surface area contributed by atoms with Crippen LogP contribution in [-0.2, 0) is 9.53 Å². The van der Waals surface area contributed by atoms with Crippen molar-refractivity contribution in [2.24, 2.45) is 0 Å². The number of aliphatic hydroxyl groups excluding tert-OH is 1. The molecule has 3 heteroatoms. The summed E-state index contributed by atoms with van der Waals surface area (Å²) in [6.07, 6.45) is 14.5. The van der Waals surface area contributed by atoms with E-state index in [2.05, 4.69) is 29.0 Å². The van der Waals surface area contributed by atoms with E-state index in [4.69, 9.17) is 5.11 Å². The monoisotopic (exact) mass is 254 g/mol. The van der Waals surface area contributed by atoms with Crippen LogP contribution in [0.3, 0.4) is 0 Å². The molecular formula is C15H26O3. The van der Waals surface area contributed by atoms with Crippen LogP contribution in [0.4, 0.5) is 0 Å². The van der Waals surface area contributed by atoms with E-state index in [1.807, 2.05) is 6.92 Å². The standard InChI is InChI=1S/C15H26O3/c1-14(16)12-10-8-6-4-3-5-7-9-11-13-15(17)18-2/h4-7,14,16H,3,8-13H2,1-2H3/b6-4+,7-5+. The first-order chi connectivity index (χ1) is 8.66. The van der Waals surface area contributed by atoms with Crippen molar-refractivity contribution in [3.8, 4) is 0 Å². The number of hydrogen-bond donors (Lipinski definition) is 1. The van der Waals surface area contributed by atoms with E-state index >= 15 is 0 Å². The molecule has 0 rings (SSSR count). The van der Waals surface area contributed by atoms with Crippen LogP contribution in [0.5, 0.6) is 0 Å². The fourth-order valence-corrected chi connectivity index (χ4v) is 1.50. The Morgan fingerprint density at radius 3 is 2.33 bits per heavy atom. The van der Waals surface area contributed by atoms with Crippen molar-refractivity contribution < 1.29 is 14.6 Å². The average Bonchev–Trinajstić information content (AvgIpc) is 2.35. The van der Waals surface area contributed by atoms with Gasteiger partial charge in [-0.1, -0.05) is 24.3 Å². The van der Waals surface area contributed by atoms with Crippen LogP contribution in [0.2, 0.25) is 0 Å². The Hall–Kier alpha value is -1.09. The lowest BCUT2D eigenvalue weighted by Crippen LogP contribution is -1.98. The highest BCUT2D eigenvalue weighted by Crippen LogP contribution is 2.02. The summed E-state index contributed by atoms with van der Waals surface area (Å²) in [7, 11) is 1.42. The average molecular weight is 254 g/mol. The number of carbonyl (C=O) groups excluding carboxylic acids is 1. The van der Waals surface area contributed by atoms with Gasteiger partial charge in [0.25, 0.3) is 0 Å². The van der Waals surface area contributed by atoms with E-state index in [1.165, 1.54) is 7.11 Å². The summed E-state index contributed by atoms with van der Waals surface area (Å²) in [6.45, 7) is 1.82. The van der Waals surface area contributed by atoms with Crippen LogP contribution in [0.15, 0.2) is 24.3 Å². The molecule has 3 nitrogen and oxygen atoms in total. The smallest absolute Gasteiger partial charge is 0.305 e. The van der Waals surface area contributed by atoms with Crippen molar-refractivity contribution in [1.29, 1.82) is 0 Å². The third-order valence-electron chi connectivity index (χ3n) is 2.58. The lowest BCUT2D eigenvalue weighted by atomic mass is 10.1. The highest BCUT2D eigenvalue weighted by Gasteiger charge is 1.96. The molecule has 0 bridgehead atoms. The minimum Gasteiger partial charge on any atom is -0.469 e. The topological polar surface area (TPSA) is 46.5 Å². The van der Waals surface area contributed by atoms with Crippen molar-refractivity contribution in [2.45, 2.75) is 58.0 Å². The molecule has 0 aliphatic carbocycles. The van der Waals surface area contributed by atoms with Gasteiger partial charge in [0.2, 0.25) is 0 Å². The molecule has 0 amide bonds. The van der Waals surface area contributed by atoms with E-state index < -0.39 is 0 Å². The molecule has 0 saturated carbocycles. The van der Waals surface area contributed by atoms with Gasteiger partial charge in [-0.05, 0) is 45.4 Å². The van der Waals surface area contributed by atoms with Gasteiger partial charge < -0.3 is 9.84 Å². The van der Waals surface area contributed by atoms with Crippen LogP contribution in [0.1, 0.15) is 51.9 Å². The van der Waals surface area contributed by atoms with E-state index in [1.54, 1.807) is 0 Å². The predicted octanol–water partition coefficient (Wildman–Crippen LogP) is 3.38. The Kier molecular flexibility index (Phi) is 11.6. The normalized spacial score (nSPS) is 13.3. The molecule has 0 spiro atoms. The maximum Gasteiger partial charge on any atom is 0.305 e. The lowest BCUT2D eigenvalue weighted by molar-refractivity contribution is -0.140. The Labute approximate surface area is 111 Å². The molecule has 0 aliphatic rings. The second-order valence-corrected chi connectivity index (χ2v) is 4.43. The maximum atomic E-state index is 10.8. The minimum absolute atomic E-state index is 0.138. The molecule has 0 heterocycles. The van der Waals surface area contributed by atoms with E-state index in [-0.39, 0.29) is 12.1 Å². The molecule has 1 unspecified atom stereocenters. The van der Waals surface area contributed by atoms with Crippen LogP contribution in [0, 0.1) is 0 Å². The first kappa shape index (κ1) is 16.9.